The summed E-state index contributed by atoms with van der Waals surface area (Å²) < 4.78 is 22.9. The minimum Gasteiger partial charge on any atom is -0.421 e. The molecule has 0 atom stereocenters. The molecule has 0 saturated heterocycles. The fourth-order valence-corrected chi connectivity index (χ4v) is 3.60. The van der Waals surface area contributed by atoms with Crippen LogP contribution in [0.1, 0.15) is 11.3 Å². The van der Waals surface area contributed by atoms with Crippen LogP contribution >= 0.6 is 0 Å². The lowest BCUT2D eigenvalue weighted by atomic mass is 9.95. The average Bonchev–Trinajstić information content (AvgIpc) is 3.01. The van der Waals surface area contributed by atoms with Crippen LogP contribution < -0.4 is 10.1 Å². The fourth-order valence-electron chi connectivity index (χ4n) is 3.60. The van der Waals surface area contributed by atoms with Crippen LogP contribution in [-0.2, 0) is 13.5 Å². The van der Waals surface area contributed by atoms with Crippen LogP contribution in [0.4, 0.5) is 10.2 Å². The monoisotopic (exact) mass is 376 g/mol. The van der Waals surface area contributed by atoms with Crippen molar-refractivity contribution in [3.05, 3.63) is 54.0 Å². The van der Waals surface area contributed by atoms with Crippen LogP contribution in [0, 0.1) is 12.7 Å². The van der Waals surface area contributed by atoms with Crippen molar-refractivity contribution in [1.29, 1.82) is 0 Å². The third-order valence-electron chi connectivity index (χ3n) is 4.89. The molecule has 7 nitrogen and oxygen atoms in total. The second-order valence-electron chi connectivity index (χ2n) is 6.74. The molecule has 28 heavy (non-hydrogen) atoms. The first-order valence-corrected chi connectivity index (χ1v) is 8.95. The molecule has 140 valence electrons. The lowest BCUT2D eigenvalue weighted by Crippen LogP contribution is -2.12. The number of hydrogen-bond acceptors (Lipinski definition) is 6. The van der Waals surface area contributed by atoms with E-state index in [0.717, 1.165) is 33.7 Å². The normalized spacial score (nSPS) is 12.8. The van der Waals surface area contributed by atoms with Gasteiger partial charge in [0.05, 0.1) is 5.39 Å². The van der Waals surface area contributed by atoms with Crippen molar-refractivity contribution in [3.63, 3.8) is 0 Å². The van der Waals surface area contributed by atoms with Crippen LogP contribution in [0.25, 0.3) is 22.2 Å². The number of rotatable bonds is 2. The van der Waals surface area contributed by atoms with Crippen molar-refractivity contribution in [2.24, 2.45) is 7.05 Å². The van der Waals surface area contributed by atoms with Crippen molar-refractivity contribution < 1.29 is 9.13 Å². The fraction of sp³-hybridized carbons (Fsp3) is 0.200. The van der Waals surface area contributed by atoms with Gasteiger partial charge in [-0.15, -0.1) is 0 Å². The van der Waals surface area contributed by atoms with Gasteiger partial charge in [0, 0.05) is 42.8 Å². The van der Waals surface area contributed by atoms with E-state index in [1.807, 2.05) is 30.8 Å². The number of aryl methyl sites for hydroxylation is 2. The molecule has 0 spiro atoms. The Hall–Kier alpha value is -3.55. The highest BCUT2D eigenvalue weighted by Crippen LogP contribution is 2.39. The zero-order valence-electron chi connectivity index (χ0n) is 15.4. The van der Waals surface area contributed by atoms with E-state index in [0.29, 0.717) is 18.5 Å². The molecule has 1 N–H and O–H groups in total. The predicted molar refractivity (Wildman–Crippen MR) is 103 cm³/mol. The zero-order chi connectivity index (χ0) is 19.3. The summed E-state index contributed by atoms with van der Waals surface area (Å²) in [6.07, 6.45) is 5.58. The summed E-state index contributed by atoms with van der Waals surface area (Å²) in [5.41, 5.74) is 3.85. The summed E-state index contributed by atoms with van der Waals surface area (Å²) in [7, 11) is 1.92. The van der Waals surface area contributed by atoms with Crippen molar-refractivity contribution >= 4 is 16.9 Å². The van der Waals surface area contributed by atoms with E-state index in [9.17, 15) is 0 Å². The summed E-state index contributed by atoms with van der Waals surface area (Å²) in [5, 5.41) is 4.18. The summed E-state index contributed by atoms with van der Waals surface area (Å²) in [6, 6.07) is 5.39. The number of anilines is 1. The number of fused-ring (bicyclic) bond motifs is 2. The van der Waals surface area contributed by atoms with Gasteiger partial charge in [-0.05, 0) is 31.0 Å². The Labute approximate surface area is 160 Å². The maximum absolute atomic E-state index is 15.4. The lowest BCUT2D eigenvalue weighted by Gasteiger charge is -2.17. The van der Waals surface area contributed by atoms with Gasteiger partial charge < -0.3 is 14.6 Å². The molecule has 8 heteroatoms. The number of aromatic nitrogens is 5. The number of ether oxygens (including phenoxy) is 1. The molecule has 4 heterocycles. The predicted octanol–water partition coefficient (Wildman–Crippen LogP) is 3.63. The molecule has 1 aromatic carbocycles. The van der Waals surface area contributed by atoms with Gasteiger partial charge in [0.2, 0.25) is 0 Å². The number of hydrogen-bond donors (Lipinski definition) is 1. The molecule has 1 aliphatic rings. The molecule has 0 fully saturated rings. The van der Waals surface area contributed by atoms with Crippen molar-refractivity contribution in [3.8, 4) is 22.9 Å². The van der Waals surface area contributed by atoms with Gasteiger partial charge in [0.1, 0.15) is 17.8 Å². The van der Waals surface area contributed by atoms with Crippen LogP contribution in [0.2, 0.25) is 0 Å². The first-order chi connectivity index (χ1) is 13.6. The van der Waals surface area contributed by atoms with E-state index in [1.54, 1.807) is 18.3 Å². The zero-order valence-corrected chi connectivity index (χ0v) is 15.4. The van der Waals surface area contributed by atoms with Gasteiger partial charge in [-0.3, -0.25) is 0 Å². The quantitative estimate of drug-likeness (QED) is 0.576. The SMILES string of the molecule is Cc1ccnc(Oc2ccc3c(c2F)CCNc2ncnc4c2c-3cn4C)n1. The Bertz CT molecular complexity index is 1220. The van der Waals surface area contributed by atoms with Crippen LogP contribution in [-0.4, -0.2) is 31.0 Å². The van der Waals surface area contributed by atoms with Gasteiger partial charge in [0.25, 0.3) is 0 Å². The molecule has 0 aliphatic carbocycles. The van der Waals surface area contributed by atoms with Crippen molar-refractivity contribution in [2.45, 2.75) is 13.3 Å². The third kappa shape index (κ3) is 2.57. The third-order valence-corrected chi connectivity index (χ3v) is 4.89. The molecule has 4 aromatic rings. The maximum Gasteiger partial charge on any atom is 0.322 e. The highest BCUT2D eigenvalue weighted by Gasteiger charge is 2.23. The minimum atomic E-state index is -0.401. The van der Waals surface area contributed by atoms with Gasteiger partial charge in [-0.25, -0.2) is 24.3 Å². The highest BCUT2D eigenvalue weighted by atomic mass is 19.1. The average molecular weight is 376 g/mol. The number of benzene rings is 1. The first-order valence-electron chi connectivity index (χ1n) is 8.95. The van der Waals surface area contributed by atoms with Gasteiger partial charge in [-0.1, -0.05) is 6.07 Å². The Morgan fingerprint density at radius 1 is 1.14 bits per heavy atom. The van der Waals surface area contributed by atoms with Crippen molar-refractivity contribution in [1.82, 2.24) is 24.5 Å². The molecule has 0 saturated carbocycles. The van der Waals surface area contributed by atoms with Gasteiger partial charge in [-0.2, -0.15) is 0 Å². The van der Waals surface area contributed by atoms with Gasteiger partial charge in [0.15, 0.2) is 11.6 Å². The topological polar surface area (TPSA) is 77.8 Å². The molecule has 0 amide bonds. The van der Waals surface area contributed by atoms with E-state index >= 15 is 4.39 Å². The Morgan fingerprint density at radius 3 is 2.89 bits per heavy atom. The Morgan fingerprint density at radius 2 is 2.04 bits per heavy atom. The summed E-state index contributed by atoms with van der Waals surface area (Å²) in [6.45, 7) is 2.38. The first kappa shape index (κ1) is 16.6. The largest absolute Gasteiger partial charge is 0.421 e. The lowest BCUT2D eigenvalue weighted by molar-refractivity contribution is 0.407. The molecule has 0 radical (unpaired) electrons. The highest BCUT2D eigenvalue weighted by molar-refractivity contribution is 6.02. The van der Waals surface area contributed by atoms with E-state index in [-0.39, 0.29) is 11.8 Å². The number of halogens is 1. The second-order valence-corrected chi connectivity index (χ2v) is 6.74. The van der Waals surface area contributed by atoms with E-state index in [2.05, 4.69) is 25.3 Å². The summed E-state index contributed by atoms with van der Waals surface area (Å²) >= 11 is 0. The molecular weight excluding hydrogens is 359 g/mol. The van der Waals surface area contributed by atoms with Crippen LogP contribution in [0.15, 0.2) is 36.9 Å². The van der Waals surface area contributed by atoms with E-state index in [1.165, 1.54) is 6.33 Å². The Balaban J connectivity index is 1.67. The van der Waals surface area contributed by atoms with Gasteiger partial charge >= 0.3 is 6.01 Å². The van der Waals surface area contributed by atoms with Crippen molar-refractivity contribution in [2.75, 3.05) is 11.9 Å². The van der Waals surface area contributed by atoms with Crippen LogP contribution in [0.3, 0.4) is 0 Å². The van der Waals surface area contributed by atoms with E-state index < -0.39 is 5.82 Å². The second kappa shape index (κ2) is 6.26. The standard InChI is InChI=1S/C20H17FN6O/c1-11-5-7-23-20(26-11)28-15-4-3-12-13(17(15)21)6-8-22-18-16-14(12)9-27(2)19(16)25-10-24-18/h3-5,7,9-10H,6,8H2,1-2H3,(H,22,24,25). The number of nitrogens with one attached hydrogen (secondary N) is 1. The molecule has 1 aliphatic heterocycles. The molecule has 0 unspecified atom stereocenters. The summed E-state index contributed by atoms with van der Waals surface area (Å²) in [4.78, 5) is 17.0. The van der Waals surface area contributed by atoms with E-state index in [4.69, 9.17) is 4.74 Å². The number of nitrogens with zero attached hydrogens (tertiary/aromatic N) is 5. The smallest absolute Gasteiger partial charge is 0.322 e. The van der Waals surface area contributed by atoms with Crippen LogP contribution in [0.5, 0.6) is 11.8 Å². The summed E-state index contributed by atoms with van der Waals surface area (Å²) in [5.74, 6) is 0.475. The maximum atomic E-state index is 15.4. The molecule has 5 rings (SSSR count). The molecule has 3 aromatic heterocycles. The minimum absolute atomic E-state index is 0.113. The molecular formula is C20H17FN6O. The molecule has 0 bridgehead atoms. The Kier molecular flexibility index (Phi) is 3.71.